The first kappa shape index (κ1) is 12.1. The molecule has 0 saturated carbocycles. The lowest BCUT2D eigenvalue weighted by Crippen LogP contribution is -2.11. The van der Waals surface area contributed by atoms with E-state index in [2.05, 4.69) is 26.2 Å². The molecule has 0 unspecified atom stereocenters. The number of nitrogens with one attached hydrogen (secondary N) is 1. The largest absolute Gasteiger partial charge is 0.495 e. The van der Waals surface area contributed by atoms with Gasteiger partial charge in [0.25, 0.3) is 5.91 Å². The molecule has 0 aliphatic carbocycles. The Kier molecular flexibility index (Phi) is 3.75. The number of thiophene rings is 1. The summed E-state index contributed by atoms with van der Waals surface area (Å²) in [5.41, 5.74) is 0.632. The van der Waals surface area contributed by atoms with E-state index in [-0.39, 0.29) is 5.91 Å². The summed E-state index contributed by atoms with van der Waals surface area (Å²) in [4.78, 5) is 16.6. The predicted octanol–water partition coefficient (Wildman–Crippen LogP) is 3.17. The average molecular weight is 313 g/mol. The first-order valence-electron chi connectivity index (χ1n) is 4.75. The molecule has 6 heteroatoms. The van der Waals surface area contributed by atoms with Crippen LogP contribution in [0.15, 0.2) is 34.4 Å². The third-order valence-electron chi connectivity index (χ3n) is 2.06. The van der Waals surface area contributed by atoms with E-state index < -0.39 is 0 Å². The van der Waals surface area contributed by atoms with Gasteiger partial charge in [0.2, 0.25) is 0 Å². The van der Waals surface area contributed by atoms with E-state index in [0.717, 1.165) is 0 Å². The number of methoxy groups -OCH3 is 1. The molecule has 0 aliphatic heterocycles. The van der Waals surface area contributed by atoms with Crippen LogP contribution in [0.4, 0.5) is 5.69 Å². The van der Waals surface area contributed by atoms with Gasteiger partial charge in [0, 0.05) is 6.20 Å². The van der Waals surface area contributed by atoms with Crippen LogP contribution in [0.1, 0.15) is 9.67 Å². The molecule has 88 valence electrons. The fourth-order valence-corrected chi connectivity index (χ4v) is 2.38. The monoisotopic (exact) mass is 312 g/mol. The number of carbonyl (C=O) groups is 1. The number of nitrogens with zero attached hydrogens (tertiary/aromatic N) is 1. The van der Waals surface area contributed by atoms with Gasteiger partial charge in [-0.3, -0.25) is 4.79 Å². The summed E-state index contributed by atoms with van der Waals surface area (Å²) >= 11 is 4.60. The number of hydrogen-bond acceptors (Lipinski definition) is 4. The minimum absolute atomic E-state index is 0.203. The van der Waals surface area contributed by atoms with Gasteiger partial charge in [-0.25, -0.2) is 4.98 Å². The van der Waals surface area contributed by atoms with Crippen molar-refractivity contribution in [3.05, 3.63) is 39.3 Å². The molecule has 2 aromatic rings. The first-order valence-corrected chi connectivity index (χ1v) is 6.43. The fourth-order valence-electron chi connectivity index (χ4n) is 1.28. The Hall–Kier alpha value is -1.40. The molecule has 0 saturated heterocycles. The van der Waals surface area contributed by atoms with Crippen LogP contribution in [0, 0.1) is 0 Å². The predicted molar refractivity (Wildman–Crippen MR) is 70.8 cm³/mol. The normalized spacial score (nSPS) is 10.0. The van der Waals surface area contributed by atoms with E-state index in [1.54, 1.807) is 31.5 Å². The van der Waals surface area contributed by atoms with Crippen molar-refractivity contribution in [2.75, 3.05) is 12.4 Å². The summed E-state index contributed by atoms with van der Waals surface area (Å²) in [5.74, 6) is 0.373. The standard InChI is InChI=1S/C11H9BrN2O2S/c1-16-8-4-6-17-9(8)11(15)14-7-3-2-5-13-10(7)12/h2-6H,1H3,(H,14,15). The van der Waals surface area contributed by atoms with Gasteiger partial charge in [-0.15, -0.1) is 11.3 Å². The lowest BCUT2D eigenvalue weighted by Gasteiger charge is -2.06. The Morgan fingerprint density at radius 1 is 1.53 bits per heavy atom. The third-order valence-corrected chi connectivity index (χ3v) is 3.59. The van der Waals surface area contributed by atoms with Crippen LogP contribution in [-0.2, 0) is 0 Å². The van der Waals surface area contributed by atoms with Gasteiger partial charge in [-0.05, 0) is 39.5 Å². The number of anilines is 1. The molecule has 0 aliphatic rings. The molecule has 1 amide bonds. The van der Waals surface area contributed by atoms with Crippen LogP contribution in [0.3, 0.4) is 0 Å². The molecule has 4 nitrogen and oxygen atoms in total. The summed E-state index contributed by atoms with van der Waals surface area (Å²) in [7, 11) is 1.54. The highest BCUT2D eigenvalue weighted by atomic mass is 79.9. The molecule has 0 radical (unpaired) electrons. The maximum atomic E-state index is 12.0. The zero-order chi connectivity index (χ0) is 12.3. The van der Waals surface area contributed by atoms with Gasteiger partial charge in [-0.1, -0.05) is 0 Å². The Balaban J connectivity index is 2.20. The number of halogens is 1. The van der Waals surface area contributed by atoms with Crippen LogP contribution >= 0.6 is 27.3 Å². The van der Waals surface area contributed by atoms with Crippen LogP contribution in [0.2, 0.25) is 0 Å². The highest BCUT2D eigenvalue weighted by Gasteiger charge is 2.14. The van der Waals surface area contributed by atoms with Crippen LogP contribution in [-0.4, -0.2) is 18.0 Å². The van der Waals surface area contributed by atoms with E-state index in [0.29, 0.717) is 20.9 Å². The van der Waals surface area contributed by atoms with Crippen LogP contribution < -0.4 is 10.1 Å². The SMILES string of the molecule is COc1ccsc1C(=O)Nc1cccnc1Br. The number of carbonyl (C=O) groups excluding carboxylic acids is 1. The quantitative estimate of drug-likeness (QED) is 0.886. The van der Waals surface area contributed by atoms with Gasteiger partial charge in [0.1, 0.15) is 15.2 Å². The number of ether oxygens (including phenoxy) is 1. The molecule has 2 heterocycles. The van der Waals surface area contributed by atoms with E-state index >= 15 is 0 Å². The van der Waals surface area contributed by atoms with E-state index in [4.69, 9.17) is 4.74 Å². The van der Waals surface area contributed by atoms with Gasteiger partial charge in [-0.2, -0.15) is 0 Å². The highest BCUT2D eigenvalue weighted by Crippen LogP contribution is 2.26. The zero-order valence-electron chi connectivity index (χ0n) is 8.94. The zero-order valence-corrected chi connectivity index (χ0v) is 11.3. The van der Waals surface area contributed by atoms with E-state index in [9.17, 15) is 4.79 Å². The summed E-state index contributed by atoms with van der Waals surface area (Å²) in [6.07, 6.45) is 1.64. The number of hydrogen-bond donors (Lipinski definition) is 1. The van der Waals surface area contributed by atoms with Crippen LogP contribution in [0.5, 0.6) is 5.75 Å². The smallest absolute Gasteiger partial charge is 0.269 e. The summed E-state index contributed by atoms with van der Waals surface area (Å²) in [6.45, 7) is 0. The third kappa shape index (κ3) is 2.65. The molecule has 0 aromatic carbocycles. The van der Waals surface area contributed by atoms with Crippen molar-refractivity contribution in [2.45, 2.75) is 0 Å². The van der Waals surface area contributed by atoms with Gasteiger partial charge >= 0.3 is 0 Å². The molecule has 1 N–H and O–H groups in total. The molecule has 2 rings (SSSR count). The topological polar surface area (TPSA) is 51.2 Å². The molecular weight excluding hydrogens is 304 g/mol. The number of pyridine rings is 1. The Labute approximate surface area is 111 Å². The summed E-state index contributed by atoms with van der Waals surface area (Å²) in [6, 6.07) is 5.29. The first-order chi connectivity index (χ1) is 8.22. The van der Waals surface area contributed by atoms with Crippen molar-refractivity contribution in [3.63, 3.8) is 0 Å². The van der Waals surface area contributed by atoms with E-state index in [1.165, 1.54) is 11.3 Å². The Morgan fingerprint density at radius 2 is 2.35 bits per heavy atom. The second-order valence-corrected chi connectivity index (χ2v) is 4.78. The average Bonchev–Trinajstić information content (AvgIpc) is 2.80. The number of rotatable bonds is 3. The van der Waals surface area contributed by atoms with Crippen LogP contribution in [0.25, 0.3) is 0 Å². The van der Waals surface area contributed by atoms with Crippen molar-refractivity contribution in [3.8, 4) is 5.75 Å². The lowest BCUT2D eigenvalue weighted by molar-refractivity contribution is 0.102. The molecule has 0 spiro atoms. The minimum atomic E-state index is -0.203. The Morgan fingerprint density at radius 3 is 3.06 bits per heavy atom. The maximum absolute atomic E-state index is 12.0. The maximum Gasteiger partial charge on any atom is 0.269 e. The lowest BCUT2D eigenvalue weighted by atomic mass is 10.3. The second kappa shape index (κ2) is 5.29. The summed E-state index contributed by atoms with van der Waals surface area (Å²) < 4.78 is 5.70. The number of amides is 1. The molecule has 0 bridgehead atoms. The summed E-state index contributed by atoms with van der Waals surface area (Å²) in [5, 5.41) is 4.58. The molecule has 2 aromatic heterocycles. The number of aromatic nitrogens is 1. The second-order valence-electron chi connectivity index (χ2n) is 3.11. The van der Waals surface area contributed by atoms with Crippen molar-refractivity contribution < 1.29 is 9.53 Å². The molecule has 17 heavy (non-hydrogen) atoms. The van der Waals surface area contributed by atoms with E-state index in [1.807, 2.05) is 5.38 Å². The molecule has 0 atom stereocenters. The fraction of sp³-hybridized carbons (Fsp3) is 0.0909. The Bertz CT molecular complexity index is 542. The molecular formula is C11H9BrN2O2S. The van der Waals surface area contributed by atoms with Crippen molar-refractivity contribution >= 4 is 38.9 Å². The minimum Gasteiger partial charge on any atom is -0.495 e. The highest BCUT2D eigenvalue weighted by molar-refractivity contribution is 9.10. The van der Waals surface area contributed by atoms with Crippen molar-refractivity contribution in [1.82, 2.24) is 4.98 Å². The van der Waals surface area contributed by atoms with Crippen molar-refractivity contribution in [1.29, 1.82) is 0 Å². The van der Waals surface area contributed by atoms with Gasteiger partial charge in [0.15, 0.2) is 0 Å². The molecule has 0 fully saturated rings. The van der Waals surface area contributed by atoms with Gasteiger partial charge in [0.05, 0.1) is 12.8 Å². The van der Waals surface area contributed by atoms with Crippen molar-refractivity contribution in [2.24, 2.45) is 0 Å². The van der Waals surface area contributed by atoms with Gasteiger partial charge < -0.3 is 10.1 Å².